The second kappa shape index (κ2) is 3.31. The number of ether oxygens (including phenoxy) is 2. The number of carbonyl (C=O) groups is 1. The molecule has 0 spiro atoms. The summed E-state index contributed by atoms with van der Waals surface area (Å²) >= 11 is 5.63. The quantitative estimate of drug-likeness (QED) is 0.474. The molecule has 68 valence electrons. The van der Waals surface area contributed by atoms with Gasteiger partial charge in [-0.25, -0.2) is 9.79 Å². The van der Waals surface area contributed by atoms with Crippen molar-refractivity contribution in [1.29, 1.82) is 0 Å². The predicted octanol–water partition coefficient (Wildman–Crippen LogP) is 0.584. The largest absolute Gasteiger partial charge is 0.473 e. The van der Waals surface area contributed by atoms with E-state index in [1.807, 2.05) is 0 Å². The van der Waals surface area contributed by atoms with E-state index in [9.17, 15) is 4.79 Å². The van der Waals surface area contributed by atoms with Crippen molar-refractivity contribution >= 4 is 24.0 Å². The summed E-state index contributed by atoms with van der Waals surface area (Å²) in [6.07, 6.45) is 1.24. The van der Waals surface area contributed by atoms with Gasteiger partial charge in [0.05, 0.1) is 13.0 Å². The molecule has 1 heterocycles. The molecule has 0 radical (unpaired) electrons. The first-order valence-corrected chi connectivity index (χ1v) is 4.01. The second-order valence-electron chi connectivity index (χ2n) is 2.74. The van der Waals surface area contributed by atoms with Crippen LogP contribution in [0.1, 0.15) is 6.92 Å². The van der Waals surface area contributed by atoms with Gasteiger partial charge in [0.15, 0.2) is 18.0 Å². The topological polar surface area (TPSA) is 47.9 Å². The Bertz CT molecular complexity index is 219. The first kappa shape index (κ1) is 9.32. The highest BCUT2D eigenvalue weighted by atomic mass is 35.5. The van der Waals surface area contributed by atoms with Crippen LogP contribution in [0.5, 0.6) is 0 Å². The zero-order chi connectivity index (χ0) is 9.19. The molecule has 1 aliphatic heterocycles. The zero-order valence-electron chi connectivity index (χ0n) is 6.91. The van der Waals surface area contributed by atoms with Crippen LogP contribution < -0.4 is 0 Å². The van der Waals surface area contributed by atoms with Crippen LogP contribution in [0.4, 0.5) is 0 Å². The van der Waals surface area contributed by atoms with Crippen molar-refractivity contribution < 1.29 is 14.3 Å². The average molecular weight is 192 g/mol. The third-order valence-corrected chi connectivity index (χ3v) is 2.33. The summed E-state index contributed by atoms with van der Waals surface area (Å²) in [7, 11) is 1.31. The van der Waals surface area contributed by atoms with E-state index in [2.05, 4.69) is 9.73 Å². The van der Waals surface area contributed by atoms with Gasteiger partial charge in [0, 0.05) is 0 Å². The summed E-state index contributed by atoms with van der Waals surface area (Å²) in [5, 5.41) is 0. The van der Waals surface area contributed by atoms with Crippen molar-refractivity contribution in [3.8, 4) is 0 Å². The molecule has 12 heavy (non-hydrogen) atoms. The van der Waals surface area contributed by atoms with Gasteiger partial charge in [-0.1, -0.05) is 0 Å². The van der Waals surface area contributed by atoms with Gasteiger partial charge in [-0.3, -0.25) is 0 Å². The molecular formula is C7H10ClNO3. The molecule has 0 amide bonds. The number of methoxy groups -OCH3 is 1. The van der Waals surface area contributed by atoms with Crippen molar-refractivity contribution in [3.05, 3.63) is 0 Å². The molecule has 0 aliphatic carbocycles. The molecule has 0 aromatic heterocycles. The van der Waals surface area contributed by atoms with Gasteiger partial charge in [-0.15, -0.1) is 11.6 Å². The lowest BCUT2D eigenvalue weighted by Crippen LogP contribution is -2.43. The summed E-state index contributed by atoms with van der Waals surface area (Å²) in [5.74, 6) is -0.223. The molecule has 5 heteroatoms. The molecule has 2 atom stereocenters. The number of aliphatic imine (C=N–C) groups is 1. The molecular weight excluding hydrogens is 182 g/mol. The Hall–Kier alpha value is -0.770. The van der Waals surface area contributed by atoms with E-state index in [0.29, 0.717) is 0 Å². The smallest absolute Gasteiger partial charge is 0.334 e. The second-order valence-corrected chi connectivity index (χ2v) is 3.01. The van der Waals surface area contributed by atoms with Gasteiger partial charge >= 0.3 is 5.97 Å². The Balaban J connectivity index is 2.75. The Morgan fingerprint density at radius 2 is 2.58 bits per heavy atom. The number of rotatable bonds is 2. The molecule has 0 bridgehead atoms. The fraction of sp³-hybridized carbons (Fsp3) is 0.714. The van der Waals surface area contributed by atoms with Crippen molar-refractivity contribution in [2.24, 2.45) is 4.99 Å². The lowest BCUT2D eigenvalue weighted by Gasteiger charge is -2.24. The van der Waals surface area contributed by atoms with Crippen LogP contribution in [-0.4, -0.2) is 37.0 Å². The van der Waals surface area contributed by atoms with Crippen molar-refractivity contribution in [2.45, 2.75) is 18.6 Å². The molecule has 0 fully saturated rings. The van der Waals surface area contributed by atoms with Crippen LogP contribution in [0.3, 0.4) is 0 Å². The highest BCUT2D eigenvalue weighted by Crippen LogP contribution is 2.25. The molecule has 4 nitrogen and oxygen atoms in total. The standard InChI is InChI=1S/C7H10ClNO3/c1-7(3-8)5(6(10)11-2)9-4-12-7/h4-5H,3H2,1-2H3/t5-,7-/m0/s1. The molecule has 0 aromatic rings. The van der Waals surface area contributed by atoms with Gasteiger partial charge < -0.3 is 9.47 Å². The van der Waals surface area contributed by atoms with E-state index in [1.165, 1.54) is 13.5 Å². The molecule has 0 aromatic carbocycles. The van der Waals surface area contributed by atoms with Crippen LogP contribution in [-0.2, 0) is 14.3 Å². The van der Waals surface area contributed by atoms with Crippen molar-refractivity contribution in [2.75, 3.05) is 13.0 Å². The number of nitrogens with zero attached hydrogens (tertiary/aromatic N) is 1. The molecule has 0 saturated carbocycles. The summed E-state index contributed by atoms with van der Waals surface area (Å²) in [6, 6.07) is -0.639. The lowest BCUT2D eigenvalue weighted by atomic mass is 10.0. The van der Waals surface area contributed by atoms with E-state index in [-0.39, 0.29) is 5.88 Å². The van der Waals surface area contributed by atoms with Gasteiger partial charge in [-0.05, 0) is 6.92 Å². The number of hydrogen-bond donors (Lipinski definition) is 0. The molecule has 1 rings (SSSR count). The predicted molar refractivity (Wildman–Crippen MR) is 44.5 cm³/mol. The van der Waals surface area contributed by atoms with E-state index >= 15 is 0 Å². The van der Waals surface area contributed by atoms with E-state index < -0.39 is 17.6 Å². The van der Waals surface area contributed by atoms with E-state index in [0.717, 1.165) is 0 Å². The number of carbonyl (C=O) groups excluding carboxylic acids is 1. The Kier molecular flexibility index (Phi) is 2.57. The summed E-state index contributed by atoms with van der Waals surface area (Å²) in [6.45, 7) is 1.72. The van der Waals surface area contributed by atoms with Gasteiger partial charge in [0.25, 0.3) is 0 Å². The summed E-state index contributed by atoms with van der Waals surface area (Å²) < 4.78 is 9.64. The number of alkyl halides is 1. The maximum atomic E-state index is 11.1. The number of halogens is 1. The first-order valence-electron chi connectivity index (χ1n) is 3.47. The SMILES string of the molecule is COC(=O)[C@@H]1N=CO[C@@]1(C)CCl. The molecule has 0 unspecified atom stereocenters. The summed E-state index contributed by atoms with van der Waals surface area (Å²) in [5.41, 5.74) is -0.755. The highest BCUT2D eigenvalue weighted by Gasteiger charge is 2.44. The highest BCUT2D eigenvalue weighted by molar-refractivity contribution is 6.19. The monoisotopic (exact) mass is 191 g/mol. The maximum absolute atomic E-state index is 11.1. The third kappa shape index (κ3) is 1.39. The maximum Gasteiger partial charge on any atom is 0.334 e. The minimum atomic E-state index is -0.755. The van der Waals surface area contributed by atoms with Crippen LogP contribution >= 0.6 is 11.6 Å². The van der Waals surface area contributed by atoms with Crippen LogP contribution in [0, 0.1) is 0 Å². The third-order valence-electron chi connectivity index (χ3n) is 1.80. The van der Waals surface area contributed by atoms with Gasteiger partial charge in [0.2, 0.25) is 0 Å². The molecule has 1 aliphatic rings. The zero-order valence-corrected chi connectivity index (χ0v) is 7.67. The minimum absolute atomic E-state index is 0.201. The fourth-order valence-corrected chi connectivity index (χ4v) is 1.17. The van der Waals surface area contributed by atoms with Crippen LogP contribution in [0.25, 0.3) is 0 Å². The first-order chi connectivity index (χ1) is 5.64. The van der Waals surface area contributed by atoms with Crippen LogP contribution in [0.2, 0.25) is 0 Å². The molecule has 0 N–H and O–H groups in total. The van der Waals surface area contributed by atoms with Crippen molar-refractivity contribution in [3.63, 3.8) is 0 Å². The minimum Gasteiger partial charge on any atom is -0.473 e. The number of esters is 1. The van der Waals surface area contributed by atoms with Crippen molar-refractivity contribution in [1.82, 2.24) is 0 Å². The Labute approximate surface area is 75.5 Å². The van der Waals surface area contributed by atoms with Gasteiger partial charge in [-0.2, -0.15) is 0 Å². The Morgan fingerprint density at radius 1 is 1.92 bits per heavy atom. The Morgan fingerprint density at radius 3 is 3.08 bits per heavy atom. The average Bonchev–Trinajstić information content (AvgIpc) is 2.47. The van der Waals surface area contributed by atoms with E-state index in [4.69, 9.17) is 16.3 Å². The van der Waals surface area contributed by atoms with Gasteiger partial charge in [0.1, 0.15) is 0 Å². The normalized spacial score (nSPS) is 33.1. The van der Waals surface area contributed by atoms with E-state index in [1.54, 1.807) is 6.92 Å². The lowest BCUT2D eigenvalue weighted by molar-refractivity contribution is -0.145. The molecule has 0 saturated heterocycles. The summed E-state index contributed by atoms with van der Waals surface area (Å²) in [4.78, 5) is 14.9. The van der Waals surface area contributed by atoms with Crippen LogP contribution in [0.15, 0.2) is 4.99 Å². The number of hydrogen-bond acceptors (Lipinski definition) is 4. The fourth-order valence-electron chi connectivity index (χ4n) is 0.960.